The maximum atomic E-state index is 12.8. The lowest BCUT2D eigenvalue weighted by molar-refractivity contribution is -0.155. The number of fused-ring (bicyclic) bond motifs is 1. The van der Waals surface area contributed by atoms with Gasteiger partial charge in [0.25, 0.3) is 0 Å². The third kappa shape index (κ3) is 3.54. The molecule has 3 atom stereocenters. The van der Waals surface area contributed by atoms with Gasteiger partial charge < -0.3 is 19.8 Å². The van der Waals surface area contributed by atoms with Crippen molar-refractivity contribution in [2.24, 2.45) is 5.92 Å². The standard InChI is InChI=1S/C21H31NO4/c1-3-7-19(24)22-13-12-21(25)11-6-5-8-16(21)20(22)15-9-10-17(23)18(14-15)26-4-2/h9-10,14,16,20,23,25H,3-8,11-13H2,1-2H3/t16-,20-,21-/m1/s1. The van der Waals surface area contributed by atoms with Crippen LogP contribution < -0.4 is 4.74 Å². The van der Waals surface area contributed by atoms with Crippen LogP contribution in [0.5, 0.6) is 11.5 Å². The van der Waals surface area contributed by atoms with Crippen LogP contribution in [0.1, 0.15) is 70.4 Å². The van der Waals surface area contributed by atoms with Crippen LogP contribution >= 0.6 is 0 Å². The summed E-state index contributed by atoms with van der Waals surface area (Å²) < 4.78 is 5.56. The van der Waals surface area contributed by atoms with Gasteiger partial charge >= 0.3 is 0 Å². The Morgan fingerprint density at radius 1 is 1.31 bits per heavy atom. The summed E-state index contributed by atoms with van der Waals surface area (Å²) in [6.45, 7) is 4.94. The van der Waals surface area contributed by atoms with E-state index in [1.54, 1.807) is 6.07 Å². The lowest BCUT2D eigenvalue weighted by Crippen LogP contribution is -2.56. The van der Waals surface area contributed by atoms with Crippen molar-refractivity contribution in [2.45, 2.75) is 70.4 Å². The summed E-state index contributed by atoms with van der Waals surface area (Å²) >= 11 is 0. The van der Waals surface area contributed by atoms with Gasteiger partial charge in [0.05, 0.1) is 18.2 Å². The number of hydrogen-bond donors (Lipinski definition) is 2. The monoisotopic (exact) mass is 361 g/mol. The van der Waals surface area contributed by atoms with E-state index in [0.717, 1.165) is 37.7 Å². The number of nitrogens with zero attached hydrogens (tertiary/aromatic N) is 1. The number of carbonyl (C=O) groups excluding carboxylic acids is 1. The maximum Gasteiger partial charge on any atom is 0.223 e. The van der Waals surface area contributed by atoms with Crippen LogP contribution in [0.25, 0.3) is 0 Å². The normalized spacial score (nSPS) is 28.5. The Bertz CT molecular complexity index is 647. The molecule has 1 aromatic carbocycles. The number of carbonyl (C=O) groups is 1. The molecule has 0 bridgehead atoms. The Kier molecular flexibility index (Phi) is 5.76. The zero-order valence-corrected chi connectivity index (χ0v) is 15.9. The molecular formula is C21H31NO4. The first kappa shape index (κ1) is 19.0. The second kappa shape index (κ2) is 7.87. The van der Waals surface area contributed by atoms with Gasteiger partial charge in [-0.25, -0.2) is 0 Å². The van der Waals surface area contributed by atoms with Crippen LogP contribution in [0.2, 0.25) is 0 Å². The topological polar surface area (TPSA) is 70.0 Å². The fourth-order valence-electron chi connectivity index (χ4n) is 4.72. The van der Waals surface area contributed by atoms with E-state index in [-0.39, 0.29) is 23.6 Å². The van der Waals surface area contributed by atoms with E-state index in [9.17, 15) is 15.0 Å². The minimum absolute atomic E-state index is 0.0322. The summed E-state index contributed by atoms with van der Waals surface area (Å²) in [5.74, 6) is 0.732. The minimum Gasteiger partial charge on any atom is -0.504 e. The zero-order chi connectivity index (χ0) is 18.7. The first-order chi connectivity index (χ1) is 12.5. The molecule has 1 saturated carbocycles. The molecule has 5 nitrogen and oxygen atoms in total. The second-order valence-electron chi connectivity index (χ2n) is 7.65. The Hall–Kier alpha value is -1.75. The van der Waals surface area contributed by atoms with Crippen LogP contribution in [0.15, 0.2) is 18.2 Å². The SMILES string of the molecule is CCCC(=O)N1CC[C@]2(O)CCCC[C@@H]2[C@H]1c1ccc(O)c(OCC)c1. The van der Waals surface area contributed by atoms with E-state index < -0.39 is 5.60 Å². The van der Waals surface area contributed by atoms with Gasteiger partial charge in [0.15, 0.2) is 11.5 Å². The first-order valence-electron chi connectivity index (χ1n) is 9.97. The Morgan fingerprint density at radius 2 is 2.12 bits per heavy atom. The summed E-state index contributed by atoms with van der Waals surface area (Å²) in [7, 11) is 0. The number of hydrogen-bond acceptors (Lipinski definition) is 4. The zero-order valence-electron chi connectivity index (χ0n) is 15.9. The number of piperidine rings is 1. The number of phenols is 1. The third-order valence-electron chi connectivity index (χ3n) is 5.98. The lowest BCUT2D eigenvalue weighted by Gasteiger charge is -2.52. The highest BCUT2D eigenvalue weighted by atomic mass is 16.5. The van der Waals surface area contributed by atoms with E-state index in [1.165, 1.54) is 0 Å². The van der Waals surface area contributed by atoms with E-state index in [4.69, 9.17) is 4.74 Å². The number of rotatable bonds is 5. The first-order valence-corrected chi connectivity index (χ1v) is 9.97. The third-order valence-corrected chi connectivity index (χ3v) is 5.98. The van der Waals surface area contributed by atoms with Gasteiger partial charge in [-0.15, -0.1) is 0 Å². The second-order valence-corrected chi connectivity index (χ2v) is 7.65. The molecule has 5 heteroatoms. The van der Waals surface area contributed by atoms with E-state index in [2.05, 4.69) is 0 Å². The number of aliphatic hydroxyl groups is 1. The Morgan fingerprint density at radius 3 is 2.85 bits per heavy atom. The molecule has 1 aromatic rings. The minimum atomic E-state index is -0.699. The number of amides is 1. The van der Waals surface area contributed by atoms with Crippen molar-refractivity contribution in [3.8, 4) is 11.5 Å². The highest BCUT2D eigenvalue weighted by Gasteiger charge is 2.50. The molecular weight excluding hydrogens is 330 g/mol. The largest absolute Gasteiger partial charge is 0.504 e. The molecule has 1 aliphatic carbocycles. The molecule has 2 N–H and O–H groups in total. The summed E-state index contributed by atoms with van der Waals surface area (Å²) in [6.07, 6.45) is 5.84. The van der Waals surface area contributed by atoms with E-state index in [0.29, 0.717) is 31.7 Å². The number of phenolic OH excluding ortho intramolecular Hbond substituents is 1. The predicted molar refractivity (Wildman–Crippen MR) is 100 cm³/mol. The van der Waals surface area contributed by atoms with Gasteiger partial charge in [-0.2, -0.15) is 0 Å². The van der Waals surface area contributed by atoms with E-state index >= 15 is 0 Å². The molecule has 2 fully saturated rings. The van der Waals surface area contributed by atoms with Crippen LogP contribution in [0, 0.1) is 5.92 Å². The van der Waals surface area contributed by atoms with Crippen LogP contribution in [0.4, 0.5) is 0 Å². The molecule has 0 aromatic heterocycles. The quantitative estimate of drug-likeness (QED) is 0.837. The van der Waals surface area contributed by atoms with Crippen molar-refractivity contribution in [3.05, 3.63) is 23.8 Å². The molecule has 0 radical (unpaired) electrons. The highest BCUT2D eigenvalue weighted by molar-refractivity contribution is 5.77. The van der Waals surface area contributed by atoms with Crippen molar-refractivity contribution in [2.75, 3.05) is 13.2 Å². The summed E-state index contributed by atoms with van der Waals surface area (Å²) in [6, 6.07) is 5.19. The van der Waals surface area contributed by atoms with Crippen molar-refractivity contribution in [1.29, 1.82) is 0 Å². The van der Waals surface area contributed by atoms with Crippen molar-refractivity contribution in [3.63, 3.8) is 0 Å². The highest BCUT2D eigenvalue weighted by Crippen LogP contribution is 2.50. The van der Waals surface area contributed by atoms with Crippen molar-refractivity contribution >= 4 is 5.91 Å². The van der Waals surface area contributed by atoms with Gasteiger partial charge in [-0.05, 0) is 50.3 Å². The van der Waals surface area contributed by atoms with Gasteiger partial charge in [-0.3, -0.25) is 4.79 Å². The van der Waals surface area contributed by atoms with Gasteiger partial charge in [0.2, 0.25) is 5.91 Å². The summed E-state index contributed by atoms with van der Waals surface area (Å²) in [5.41, 5.74) is 0.246. The smallest absolute Gasteiger partial charge is 0.223 e. The molecule has 26 heavy (non-hydrogen) atoms. The maximum absolute atomic E-state index is 12.8. The van der Waals surface area contributed by atoms with Gasteiger partial charge in [0, 0.05) is 18.9 Å². The molecule has 1 amide bonds. The van der Waals surface area contributed by atoms with Gasteiger partial charge in [0.1, 0.15) is 0 Å². The van der Waals surface area contributed by atoms with E-state index in [1.807, 2.05) is 30.9 Å². The van der Waals surface area contributed by atoms with Crippen LogP contribution in [-0.2, 0) is 4.79 Å². The predicted octanol–water partition coefficient (Wildman–Crippen LogP) is 3.79. The molecule has 1 heterocycles. The fraction of sp³-hybridized carbons (Fsp3) is 0.667. The lowest BCUT2D eigenvalue weighted by atomic mass is 9.66. The molecule has 1 aliphatic heterocycles. The summed E-state index contributed by atoms with van der Waals surface area (Å²) in [5, 5.41) is 21.3. The average molecular weight is 361 g/mol. The number of benzene rings is 1. The molecule has 3 rings (SSSR count). The average Bonchev–Trinajstić information content (AvgIpc) is 2.62. The van der Waals surface area contributed by atoms with Crippen molar-refractivity contribution < 1.29 is 19.7 Å². The Labute approximate surface area is 156 Å². The molecule has 1 saturated heterocycles. The number of aromatic hydroxyl groups is 1. The summed E-state index contributed by atoms with van der Waals surface area (Å²) in [4.78, 5) is 14.8. The molecule has 2 aliphatic rings. The Balaban J connectivity index is 2.01. The number of ether oxygens (including phenoxy) is 1. The fourth-order valence-corrected chi connectivity index (χ4v) is 4.72. The molecule has 0 unspecified atom stereocenters. The molecule has 0 spiro atoms. The number of likely N-dealkylation sites (tertiary alicyclic amines) is 1. The van der Waals surface area contributed by atoms with Crippen LogP contribution in [0.3, 0.4) is 0 Å². The molecule has 144 valence electrons. The van der Waals surface area contributed by atoms with Crippen molar-refractivity contribution in [1.82, 2.24) is 4.90 Å². The van der Waals surface area contributed by atoms with Crippen LogP contribution in [-0.4, -0.2) is 39.8 Å². The van der Waals surface area contributed by atoms with Gasteiger partial charge in [-0.1, -0.05) is 25.8 Å².